The van der Waals surface area contributed by atoms with Gasteiger partial charge in [-0.1, -0.05) is 36.4 Å². The molecule has 27 heavy (non-hydrogen) atoms. The van der Waals surface area contributed by atoms with Gasteiger partial charge >= 0.3 is 0 Å². The van der Waals surface area contributed by atoms with E-state index >= 15 is 0 Å². The normalized spacial score (nSPS) is 14.3. The Labute approximate surface area is 159 Å². The topological polar surface area (TPSA) is 130 Å². The van der Waals surface area contributed by atoms with Crippen LogP contribution in [0.2, 0.25) is 0 Å². The predicted molar refractivity (Wildman–Crippen MR) is 103 cm³/mol. The molecule has 9 heteroatoms. The summed E-state index contributed by atoms with van der Waals surface area (Å²) in [4.78, 5) is -0.0131. The number of benzene rings is 2. The number of rotatable bonds is 8. The minimum absolute atomic E-state index is 0.00656. The van der Waals surface area contributed by atoms with Crippen LogP contribution in [-0.4, -0.2) is 16.8 Å². The third-order valence-electron chi connectivity index (χ3n) is 3.80. The smallest absolute Gasteiger partial charge is 0.238 e. The SMILES string of the molecule is C=CC(OC(C=C)c1ccc(S(N)(=O)=O)cc1)c1ccc(S(N)(=O)=O)cc1. The van der Waals surface area contributed by atoms with Crippen molar-refractivity contribution in [3.8, 4) is 0 Å². The van der Waals surface area contributed by atoms with Crippen molar-refractivity contribution >= 4 is 20.0 Å². The summed E-state index contributed by atoms with van der Waals surface area (Å²) in [6.07, 6.45) is 2.00. The van der Waals surface area contributed by atoms with Crippen molar-refractivity contribution in [3.05, 3.63) is 85.0 Å². The number of sulfonamides is 2. The summed E-state index contributed by atoms with van der Waals surface area (Å²) in [5.74, 6) is 0. The fourth-order valence-corrected chi connectivity index (χ4v) is 3.42. The van der Waals surface area contributed by atoms with Crippen LogP contribution in [0.1, 0.15) is 23.3 Å². The fraction of sp³-hybridized carbons (Fsp3) is 0.111. The summed E-state index contributed by atoms with van der Waals surface area (Å²) >= 11 is 0. The van der Waals surface area contributed by atoms with E-state index in [-0.39, 0.29) is 9.79 Å². The van der Waals surface area contributed by atoms with E-state index in [0.717, 1.165) is 0 Å². The van der Waals surface area contributed by atoms with E-state index in [2.05, 4.69) is 13.2 Å². The number of hydrogen-bond acceptors (Lipinski definition) is 5. The molecule has 2 rings (SSSR count). The van der Waals surface area contributed by atoms with Gasteiger partial charge in [0.25, 0.3) is 0 Å². The van der Waals surface area contributed by atoms with Crippen LogP contribution in [0.3, 0.4) is 0 Å². The maximum Gasteiger partial charge on any atom is 0.238 e. The highest BCUT2D eigenvalue weighted by molar-refractivity contribution is 7.89. The number of hydrogen-bond donors (Lipinski definition) is 2. The largest absolute Gasteiger partial charge is 0.357 e. The lowest BCUT2D eigenvalue weighted by molar-refractivity contribution is 0.0402. The lowest BCUT2D eigenvalue weighted by atomic mass is 10.1. The average Bonchev–Trinajstić information content (AvgIpc) is 2.62. The summed E-state index contributed by atoms with van der Waals surface area (Å²) in [5, 5.41) is 10.2. The molecule has 0 spiro atoms. The molecule has 2 unspecified atom stereocenters. The summed E-state index contributed by atoms with van der Waals surface area (Å²) in [6.45, 7) is 7.48. The van der Waals surface area contributed by atoms with Gasteiger partial charge in [0.05, 0.1) is 9.79 Å². The molecule has 0 bridgehead atoms. The minimum Gasteiger partial charge on any atom is -0.357 e. The summed E-state index contributed by atoms with van der Waals surface area (Å²) in [5.41, 5.74) is 1.34. The van der Waals surface area contributed by atoms with Gasteiger partial charge < -0.3 is 4.74 Å². The first-order valence-electron chi connectivity index (χ1n) is 7.72. The van der Waals surface area contributed by atoms with E-state index in [4.69, 9.17) is 15.0 Å². The summed E-state index contributed by atoms with van der Waals surface area (Å²) < 4.78 is 51.4. The molecule has 0 aliphatic rings. The molecule has 2 aromatic rings. The molecular formula is C18H20N2O5S2. The Morgan fingerprint density at radius 3 is 1.22 bits per heavy atom. The van der Waals surface area contributed by atoms with Gasteiger partial charge in [-0.2, -0.15) is 0 Å². The molecule has 7 nitrogen and oxygen atoms in total. The molecule has 0 heterocycles. The third kappa shape index (κ3) is 5.34. The van der Waals surface area contributed by atoms with E-state index in [1.807, 2.05) is 0 Å². The highest BCUT2D eigenvalue weighted by Gasteiger charge is 2.17. The molecule has 2 aromatic carbocycles. The van der Waals surface area contributed by atoms with E-state index in [0.29, 0.717) is 11.1 Å². The van der Waals surface area contributed by atoms with Gasteiger partial charge in [-0.25, -0.2) is 27.1 Å². The Kier molecular flexibility index (Phi) is 6.34. The van der Waals surface area contributed by atoms with Crippen molar-refractivity contribution in [1.29, 1.82) is 0 Å². The molecule has 144 valence electrons. The van der Waals surface area contributed by atoms with Crippen LogP contribution in [0.5, 0.6) is 0 Å². The predicted octanol–water partition coefficient (Wildman–Crippen LogP) is 2.15. The summed E-state index contributed by atoms with van der Waals surface area (Å²) in [6, 6.07) is 11.9. The van der Waals surface area contributed by atoms with Crippen molar-refractivity contribution in [2.75, 3.05) is 0 Å². The van der Waals surface area contributed by atoms with Crippen molar-refractivity contribution < 1.29 is 21.6 Å². The van der Waals surface area contributed by atoms with Gasteiger partial charge in [-0.3, -0.25) is 0 Å². The van der Waals surface area contributed by atoms with Gasteiger partial charge in [-0.15, -0.1) is 13.2 Å². The second-order valence-corrected chi connectivity index (χ2v) is 8.80. The Morgan fingerprint density at radius 1 is 0.704 bits per heavy atom. The zero-order valence-electron chi connectivity index (χ0n) is 14.4. The van der Waals surface area contributed by atoms with Crippen molar-refractivity contribution in [1.82, 2.24) is 0 Å². The Hall–Kier alpha value is -2.30. The number of primary sulfonamides is 2. The average molecular weight is 409 g/mol. The molecule has 4 N–H and O–H groups in total. The first-order valence-corrected chi connectivity index (χ1v) is 10.8. The number of ether oxygens (including phenoxy) is 1. The second kappa shape index (κ2) is 8.15. The van der Waals surface area contributed by atoms with Gasteiger partial charge in [-0.05, 0) is 35.4 Å². The molecule has 2 atom stereocenters. The van der Waals surface area contributed by atoms with Crippen molar-refractivity contribution in [2.24, 2.45) is 10.3 Å². The van der Waals surface area contributed by atoms with Crippen LogP contribution in [0.4, 0.5) is 0 Å². The molecule has 0 aliphatic carbocycles. The molecule has 0 saturated carbocycles. The maximum atomic E-state index is 11.4. The van der Waals surface area contributed by atoms with Crippen LogP contribution in [0.25, 0.3) is 0 Å². The zero-order chi connectivity index (χ0) is 20.2. The maximum absolute atomic E-state index is 11.4. The van der Waals surface area contributed by atoms with E-state index < -0.39 is 32.3 Å². The van der Waals surface area contributed by atoms with Crippen LogP contribution >= 0.6 is 0 Å². The van der Waals surface area contributed by atoms with Gasteiger partial charge in [0.1, 0.15) is 12.2 Å². The Morgan fingerprint density at radius 2 is 1.00 bits per heavy atom. The fourth-order valence-electron chi connectivity index (χ4n) is 2.39. The molecule has 0 amide bonds. The molecule has 0 saturated heterocycles. The van der Waals surface area contributed by atoms with E-state index in [1.165, 1.54) is 24.3 Å². The van der Waals surface area contributed by atoms with Crippen molar-refractivity contribution in [2.45, 2.75) is 22.0 Å². The van der Waals surface area contributed by atoms with Gasteiger partial charge in [0, 0.05) is 0 Å². The summed E-state index contributed by atoms with van der Waals surface area (Å²) in [7, 11) is -7.56. The lowest BCUT2D eigenvalue weighted by Crippen LogP contribution is -2.13. The van der Waals surface area contributed by atoms with Crippen molar-refractivity contribution in [3.63, 3.8) is 0 Å². The number of nitrogens with two attached hydrogens (primary N) is 2. The third-order valence-corrected chi connectivity index (χ3v) is 5.65. The van der Waals surface area contributed by atoms with Gasteiger partial charge in [0.15, 0.2) is 0 Å². The Balaban J connectivity index is 2.25. The lowest BCUT2D eigenvalue weighted by Gasteiger charge is -2.21. The minimum atomic E-state index is -3.78. The molecular weight excluding hydrogens is 388 g/mol. The van der Waals surface area contributed by atoms with Crippen LogP contribution in [0.15, 0.2) is 83.6 Å². The molecule has 0 radical (unpaired) electrons. The van der Waals surface area contributed by atoms with Crippen LogP contribution in [-0.2, 0) is 24.8 Å². The van der Waals surface area contributed by atoms with E-state index in [1.54, 1.807) is 36.4 Å². The molecule has 0 aliphatic heterocycles. The highest BCUT2D eigenvalue weighted by Crippen LogP contribution is 2.29. The molecule has 0 fully saturated rings. The quantitative estimate of drug-likeness (QED) is 0.647. The van der Waals surface area contributed by atoms with E-state index in [9.17, 15) is 16.8 Å². The van der Waals surface area contributed by atoms with Crippen LogP contribution in [0, 0.1) is 0 Å². The zero-order valence-corrected chi connectivity index (χ0v) is 16.0. The highest BCUT2D eigenvalue weighted by atomic mass is 32.2. The van der Waals surface area contributed by atoms with Crippen LogP contribution < -0.4 is 10.3 Å². The first kappa shape index (κ1) is 21.0. The standard InChI is InChI=1S/C18H20N2O5S2/c1-3-17(13-5-9-15(10-6-13)26(19,21)22)25-18(4-2)14-7-11-16(12-8-14)27(20,23)24/h3-12,17-18H,1-2H2,(H2,19,21,22)(H2,20,23,24). The molecule has 0 aromatic heterocycles. The first-order chi connectivity index (χ1) is 12.6. The van der Waals surface area contributed by atoms with Gasteiger partial charge in [0.2, 0.25) is 20.0 Å². The Bertz CT molecular complexity index is 943. The second-order valence-electron chi connectivity index (χ2n) is 5.68. The monoisotopic (exact) mass is 408 g/mol.